The van der Waals surface area contributed by atoms with Gasteiger partial charge >= 0.3 is 0 Å². The Labute approximate surface area is 163 Å². The molecule has 1 aliphatic carbocycles. The summed E-state index contributed by atoms with van der Waals surface area (Å²) >= 11 is 0. The highest BCUT2D eigenvalue weighted by Crippen LogP contribution is 2.49. The average Bonchev–Trinajstić information content (AvgIpc) is 3.49. The van der Waals surface area contributed by atoms with E-state index in [-0.39, 0.29) is 4.90 Å². The number of methoxy groups -OCH3 is 1. The van der Waals surface area contributed by atoms with E-state index >= 15 is 0 Å². The van der Waals surface area contributed by atoms with Crippen molar-refractivity contribution < 1.29 is 17.9 Å². The molecule has 1 N–H and O–H groups in total. The van der Waals surface area contributed by atoms with Crippen LogP contribution < -0.4 is 9.46 Å². The molecular formula is C21H20N2O4S. The second-order valence-corrected chi connectivity index (χ2v) is 8.69. The Bertz CT molecular complexity index is 1180. The summed E-state index contributed by atoms with van der Waals surface area (Å²) in [6, 6.07) is 14.0. The van der Waals surface area contributed by atoms with E-state index in [2.05, 4.69) is 9.71 Å². The van der Waals surface area contributed by atoms with Gasteiger partial charge in [0.2, 0.25) is 11.8 Å². The van der Waals surface area contributed by atoms with Crippen LogP contribution in [0.2, 0.25) is 0 Å². The zero-order chi connectivity index (χ0) is 19.9. The fourth-order valence-corrected chi connectivity index (χ4v) is 4.87. The van der Waals surface area contributed by atoms with Crippen LogP contribution in [-0.2, 0) is 20.2 Å². The molecule has 0 aliphatic heterocycles. The van der Waals surface area contributed by atoms with Crippen LogP contribution in [0.15, 0.2) is 59.6 Å². The zero-order valence-corrected chi connectivity index (χ0v) is 16.4. The normalized spacial score (nSPS) is 15.2. The summed E-state index contributed by atoms with van der Waals surface area (Å²) in [6.45, 7) is 1.87. The first-order valence-electron chi connectivity index (χ1n) is 8.93. The fourth-order valence-electron chi connectivity index (χ4n) is 3.59. The van der Waals surface area contributed by atoms with E-state index in [0.29, 0.717) is 24.1 Å². The van der Waals surface area contributed by atoms with Gasteiger partial charge in [-0.3, -0.25) is 4.79 Å². The molecule has 6 nitrogen and oxygen atoms in total. The van der Waals surface area contributed by atoms with Crippen molar-refractivity contribution in [2.45, 2.75) is 30.1 Å². The highest BCUT2D eigenvalue weighted by Gasteiger charge is 2.53. The number of nitrogens with one attached hydrogen (secondary N) is 1. The van der Waals surface area contributed by atoms with Gasteiger partial charge in [0.1, 0.15) is 0 Å². The summed E-state index contributed by atoms with van der Waals surface area (Å²) in [6.07, 6.45) is 2.77. The lowest BCUT2D eigenvalue weighted by Crippen LogP contribution is -2.39. The topological polar surface area (TPSA) is 85.4 Å². The number of aromatic nitrogens is 1. The quantitative estimate of drug-likeness (QED) is 0.716. The number of ether oxygens (including phenoxy) is 1. The van der Waals surface area contributed by atoms with Gasteiger partial charge in [-0.15, -0.1) is 0 Å². The van der Waals surface area contributed by atoms with Crippen LogP contribution in [0.3, 0.4) is 0 Å². The first-order chi connectivity index (χ1) is 13.4. The minimum atomic E-state index is -4.01. The molecule has 0 bridgehead atoms. The van der Waals surface area contributed by atoms with Crippen molar-refractivity contribution in [3.8, 4) is 5.88 Å². The SMILES string of the molecule is COc1cc(C)c(C2(C(=O)NS(=O)(=O)c3cccc4ccccc34)CC2)cn1. The second-order valence-electron chi connectivity index (χ2n) is 7.04. The molecule has 0 atom stereocenters. The number of sulfonamides is 1. The van der Waals surface area contributed by atoms with E-state index in [0.717, 1.165) is 16.5 Å². The molecule has 144 valence electrons. The fraction of sp³-hybridized carbons (Fsp3) is 0.238. The van der Waals surface area contributed by atoms with Crippen LogP contribution in [0.25, 0.3) is 10.8 Å². The summed E-state index contributed by atoms with van der Waals surface area (Å²) in [7, 11) is -2.48. The molecule has 1 amide bonds. The third kappa shape index (κ3) is 3.01. The molecule has 1 aromatic heterocycles. The van der Waals surface area contributed by atoms with Gasteiger partial charge in [0.25, 0.3) is 10.0 Å². The van der Waals surface area contributed by atoms with Crippen LogP contribution in [0.5, 0.6) is 5.88 Å². The average molecular weight is 396 g/mol. The predicted molar refractivity (Wildman–Crippen MR) is 106 cm³/mol. The van der Waals surface area contributed by atoms with E-state index in [1.807, 2.05) is 25.1 Å². The summed E-state index contributed by atoms with van der Waals surface area (Å²) in [5, 5.41) is 1.38. The molecule has 0 unspecified atom stereocenters. The van der Waals surface area contributed by atoms with E-state index < -0.39 is 21.3 Å². The summed E-state index contributed by atoms with van der Waals surface area (Å²) < 4.78 is 33.4. The number of carbonyl (C=O) groups excluding carboxylic acids is 1. The number of rotatable bonds is 5. The molecule has 1 fully saturated rings. The van der Waals surface area contributed by atoms with Gasteiger partial charge in [-0.25, -0.2) is 18.1 Å². The molecule has 4 rings (SSSR count). The molecule has 0 spiro atoms. The van der Waals surface area contributed by atoms with Crippen LogP contribution in [0.1, 0.15) is 24.0 Å². The standard InChI is InChI=1S/C21H20N2O4S/c1-14-12-19(27-2)22-13-17(14)21(10-11-21)20(24)23-28(25,26)18-9-5-7-15-6-3-4-8-16(15)18/h3-9,12-13H,10-11H2,1-2H3,(H,23,24). The van der Waals surface area contributed by atoms with Crippen LogP contribution in [0, 0.1) is 6.92 Å². The Morgan fingerprint density at radius 3 is 2.54 bits per heavy atom. The Hall–Kier alpha value is -2.93. The van der Waals surface area contributed by atoms with Crippen LogP contribution >= 0.6 is 0 Å². The summed E-state index contributed by atoms with van der Waals surface area (Å²) in [5.41, 5.74) is 0.724. The van der Waals surface area contributed by atoms with Crippen molar-refractivity contribution in [2.24, 2.45) is 0 Å². The smallest absolute Gasteiger partial charge is 0.264 e. The Balaban J connectivity index is 1.68. The summed E-state index contributed by atoms with van der Waals surface area (Å²) in [4.78, 5) is 17.3. The number of hydrogen-bond donors (Lipinski definition) is 1. The molecule has 1 aliphatic rings. The van der Waals surface area contributed by atoms with E-state index in [4.69, 9.17) is 4.74 Å². The molecule has 1 saturated carbocycles. The van der Waals surface area contributed by atoms with Crippen molar-refractivity contribution in [3.63, 3.8) is 0 Å². The third-order valence-electron chi connectivity index (χ3n) is 5.26. The van der Waals surface area contributed by atoms with Gasteiger partial charge in [0, 0.05) is 17.6 Å². The molecule has 28 heavy (non-hydrogen) atoms. The van der Waals surface area contributed by atoms with Crippen molar-refractivity contribution in [2.75, 3.05) is 7.11 Å². The van der Waals surface area contributed by atoms with Gasteiger partial charge in [-0.1, -0.05) is 36.4 Å². The molecule has 1 heterocycles. The number of pyridine rings is 1. The molecule has 7 heteroatoms. The van der Waals surface area contributed by atoms with Gasteiger partial charge in [0.15, 0.2) is 0 Å². The van der Waals surface area contributed by atoms with Gasteiger partial charge in [-0.2, -0.15) is 0 Å². The molecular weight excluding hydrogens is 376 g/mol. The van der Waals surface area contributed by atoms with E-state index in [1.165, 1.54) is 13.2 Å². The zero-order valence-electron chi connectivity index (χ0n) is 15.6. The van der Waals surface area contributed by atoms with Crippen molar-refractivity contribution >= 4 is 26.7 Å². The van der Waals surface area contributed by atoms with Gasteiger partial charge < -0.3 is 4.74 Å². The molecule has 2 aromatic carbocycles. The van der Waals surface area contributed by atoms with Crippen LogP contribution in [0.4, 0.5) is 0 Å². The second kappa shape index (κ2) is 6.60. The Morgan fingerprint density at radius 1 is 1.14 bits per heavy atom. The van der Waals surface area contributed by atoms with Gasteiger partial charge in [-0.05, 0) is 42.3 Å². The lowest BCUT2D eigenvalue weighted by atomic mass is 9.93. The maximum Gasteiger partial charge on any atom is 0.264 e. The predicted octanol–water partition coefficient (Wildman–Crippen LogP) is 3.09. The summed E-state index contributed by atoms with van der Waals surface area (Å²) in [5.74, 6) is -0.0589. The minimum absolute atomic E-state index is 0.0966. The van der Waals surface area contributed by atoms with Gasteiger partial charge in [0.05, 0.1) is 17.4 Å². The lowest BCUT2D eigenvalue weighted by molar-refractivity contribution is -0.121. The first-order valence-corrected chi connectivity index (χ1v) is 10.4. The largest absolute Gasteiger partial charge is 0.481 e. The maximum absolute atomic E-state index is 13.0. The number of aryl methyl sites for hydroxylation is 1. The van der Waals surface area contributed by atoms with E-state index in [9.17, 15) is 13.2 Å². The van der Waals surface area contributed by atoms with Crippen molar-refractivity contribution in [1.29, 1.82) is 0 Å². The minimum Gasteiger partial charge on any atom is -0.481 e. The van der Waals surface area contributed by atoms with Crippen molar-refractivity contribution in [1.82, 2.24) is 9.71 Å². The number of carbonyl (C=O) groups is 1. The van der Waals surface area contributed by atoms with Crippen molar-refractivity contribution in [3.05, 3.63) is 65.9 Å². The first kappa shape index (κ1) is 18.4. The number of hydrogen-bond acceptors (Lipinski definition) is 5. The Kier molecular flexibility index (Phi) is 4.34. The van der Waals surface area contributed by atoms with E-state index in [1.54, 1.807) is 30.5 Å². The number of nitrogens with zero attached hydrogens (tertiary/aromatic N) is 1. The molecule has 0 saturated heterocycles. The molecule has 3 aromatic rings. The monoisotopic (exact) mass is 396 g/mol. The number of amides is 1. The maximum atomic E-state index is 13.0. The molecule has 0 radical (unpaired) electrons. The van der Waals surface area contributed by atoms with Crippen LogP contribution in [-0.4, -0.2) is 26.4 Å². The Morgan fingerprint density at radius 2 is 1.86 bits per heavy atom. The number of fused-ring (bicyclic) bond motifs is 1. The third-order valence-corrected chi connectivity index (χ3v) is 6.65. The highest BCUT2D eigenvalue weighted by molar-refractivity contribution is 7.90. The lowest BCUT2D eigenvalue weighted by Gasteiger charge is -2.18. The highest BCUT2D eigenvalue weighted by atomic mass is 32.2. The number of benzene rings is 2.